The summed E-state index contributed by atoms with van der Waals surface area (Å²) in [6.45, 7) is 5.28. The van der Waals surface area contributed by atoms with Crippen molar-refractivity contribution in [1.29, 1.82) is 0 Å². The zero-order valence-electron chi connectivity index (χ0n) is 12.2. The van der Waals surface area contributed by atoms with Crippen LogP contribution in [0.25, 0.3) is 11.3 Å². The van der Waals surface area contributed by atoms with Crippen LogP contribution < -0.4 is 5.73 Å². The van der Waals surface area contributed by atoms with Crippen LogP contribution in [0.3, 0.4) is 0 Å². The Morgan fingerprint density at radius 2 is 2.20 bits per heavy atom. The van der Waals surface area contributed by atoms with E-state index in [1.165, 1.54) is 12.8 Å². The van der Waals surface area contributed by atoms with Crippen molar-refractivity contribution in [2.75, 3.05) is 0 Å². The molecule has 2 N–H and O–H groups in total. The van der Waals surface area contributed by atoms with Crippen LogP contribution in [0.5, 0.6) is 0 Å². The zero-order valence-corrected chi connectivity index (χ0v) is 13.0. The highest BCUT2D eigenvalue weighted by atomic mass is 32.1. The van der Waals surface area contributed by atoms with Gasteiger partial charge >= 0.3 is 0 Å². The Morgan fingerprint density at radius 3 is 2.85 bits per heavy atom. The minimum Gasteiger partial charge on any atom is -0.319 e. The third-order valence-electron chi connectivity index (χ3n) is 4.35. The summed E-state index contributed by atoms with van der Waals surface area (Å²) in [7, 11) is 0. The fraction of sp³-hybridized carbons (Fsp3) is 0.600. The second-order valence-electron chi connectivity index (χ2n) is 5.96. The van der Waals surface area contributed by atoms with Crippen molar-refractivity contribution in [1.82, 2.24) is 14.8 Å². The van der Waals surface area contributed by atoms with Crippen LogP contribution in [0.4, 0.5) is 0 Å². The van der Waals surface area contributed by atoms with Gasteiger partial charge in [-0.1, -0.05) is 6.92 Å². The number of hydrogen-bond acceptors (Lipinski definition) is 4. The molecule has 1 aliphatic rings. The molecule has 0 bridgehead atoms. The van der Waals surface area contributed by atoms with Gasteiger partial charge in [-0.15, -0.1) is 11.3 Å². The van der Waals surface area contributed by atoms with E-state index in [1.54, 1.807) is 11.3 Å². The molecule has 0 unspecified atom stereocenters. The van der Waals surface area contributed by atoms with Crippen molar-refractivity contribution >= 4 is 11.3 Å². The third kappa shape index (κ3) is 2.52. The first-order valence-corrected chi connectivity index (χ1v) is 8.26. The molecular weight excluding hydrogens is 268 g/mol. The van der Waals surface area contributed by atoms with Gasteiger partial charge in [0.2, 0.25) is 0 Å². The lowest BCUT2D eigenvalue weighted by molar-refractivity contribution is 0.247. The summed E-state index contributed by atoms with van der Waals surface area (Å²) in [4.78, 5) is 4.79. The monoisotopic (exact) mass is 290 g/mol. The molecule has 1 aliphatic carbocycles. The zero-order chi connectivity index (χ0) is 14.2. The van der Waals surface area contributed by atoms with Crippen LogP contribution in [0.15, 0.2) is 17.8 Å². The molecule has 0 atom stereocenters. The fourth-order valence-electron chi connectivity index (χ4n) is 2.79. The van der Waals surface area contributed by atoms with Gasteiger partial charge in [-0.05, 0) is 38.5 Å². The maximum Gasteiger partial charge on any atom is 0.113 e. The quantitative estimate of drug-likeness (QED) is 0.942. The molecule has 3 rings (SSSR count). The van der Waals surface area contributed by atoms with Gasteiger partial charge in [-0.3, -0.25) is 4.68 Å². The van der Waals surface area contributed by atoms with Gasteiger partial charge < -0.3 is 5.73 Å². The predicted molar refractivity (Wildman–Crippen MR) is 82.5 cm³/mol. The summed E-state index contributed by atoms with van der Waals surface area (Å²) in [6, 6.07) is 0. The Morgan fingerprint density at radius 1 is 1.45 bits per heavy atom. The van der Waals surface area contributed by atoms with Crippen LogP contribution in [0.2, 0.25) is 0 Å². The van der Waals surface area contributed by atoms with Crippen molar-refractivity contribution in [2.24, 2.45) is 11.7 Å². The van der Waals surface area contributed by atoms with E-state index in [0.717, 1.165) is 41.6 Å². The summed E-state index contributed by atoms with van der Waals surface area (Å²) in [5, 5.41) is 7.51. The summed E-state index contributed by atoms with van der Waals surface area (Å²) in [5.74, 6) is 0.800. The van der Waals surface area contributed by atoms with E-state index in [-0.39, 0.29) is 5.54 Å². The molecule has 2 heterocycles. The summed E-state index contributed by atoms with van der Waals surface area (Å²) < 4.78 is 1.93. The van der Waals surface area contributed by atoms with Gasteiger partial charge in [-0.25, -0.2) is 4.98 Å². The highest BCUT2D eigenvalue weighted by molar-refractivity contribution is 7.10. The molecule has 0 saturated heterocycles. The van der Waals surface area contributed by atoms with Gasteiger partial charge in [0, 0.05) is 23.7 Å². The van der Waals surface area contributed by atoms with Crippen LogP contribution >= 0.6 is 11.3 Å². The Bertz CT molecular complexity index is 578. The Labute approximate surface area is 124 Å². The summed E-state index contributed by atoms with van der Waals surface area (Å²) >= 11 is 1.69. The molecule has 0 aromatic carbocycles. The average Bonchev–Trinajstić information content (AvgIpc) is 3.10. The molecule has 1 fully saturated rings. The molecule has 2 aromatic heterocycles. The van der Waals surface area contributed by atoms with Crippen molar-refractivity contribution < 1.29 is 0 Å². The van der Waals surface area contributed by atoms with Crippen molar-refractivity contribution in [2.45, 2.75) is 51.6 Å². The topological polar surface area (TPSA) is 56.7 Å². The molecule has 0 radical (unpaired) electrons. The summed E-state index contributed by atoms with van der Waals surface area (Å²) in [6.07, 6.45) is 8.45. The van der Waals surface area contributed by atoms with E-state index in [2.05, 4.69) is 24.3 Å². The Balaban J connectivity index is 1.83. The second kappa shape index (κ2) is 5.30. The Kier molecular flexibility index (Phi) is 3.65. The largest absolute Gasteiger partial charge is 0.319 e. The first kappa shape index (κ1) is 13.8. The molecule has 20 heavy (non-hydrogen) atoms. The molecule has 0 spiro atoms. The standard InChI is InChI=1S/C15H22N4S/c1-3-19-9-12(8-17-19)13-10-20-14(18-13)15(16)6-4-11(2)5-7-15/h8-11H,3-7,16H2,1-2H3. The first-order valence-electron chi connectivity index (χ1n) is 7.38. The average molecular weight is 290 g/mol. The van der Waals surface area contributed by atoms with E-state index in [4.69, 9.17) is 10.7 Å². The fourth-order valence-corrected chi connectivity index (χ4v) is 3.80. The number of rotatable bonds is 3. The number of nitrogens with zero attached hydrogens (tertiary/aromatic N) is 3. The van der Waals surface area contributed by atoms with Gasteiger partial charge in [0.05, 0.1) is 17.4 Å². The third-order valence-corrected chi connectivity index (χ3v) is 5.41. The molecule has 0 amide bonds. The number of aryl methyl sites for hydroxylation is 1. The highest BCUT2D eigenvalue weighted by Gasteiger charge is 2.34. The molecule has 2 aromatic rings. The van der Waals surface area contributed by atoms with Gasteiger partial charge in [-0.2, -0.15) is 5.10 Å². The van der Waals surface area contributed by atoms with Crippen LogP contribution in [-0.4, -0.2) is 14.8 Å². The molecule has 0 aliphatic heterocycles. The van der Waals surface area contributed by atoms with Crippen molar-refractivity contribution in [3.63, 3.8) is 0 Å². The molecule has 108 valence electrons. The van der Waals surface area contributed by atoms with Crippen LogP contribution in [0.1, 0.15) is 44.5 Å². The van der Waals surface area contributed by atoms with Gasteiger partial charge in [0.1, 0.15) is 5.01 Å². The number of aromatic nitrogens is 3. The second-order valence-corrected chi connectivity index (χ2v) is 6.82. The SMILES string of the molecule is CCn1cc(-c2csc(C3(N)CCC(C)CC3)n2)cn1. The van der Waals surface area contributed by atoms with E-state index in [0.29, 0.717) is 0 Å². The van der Waals surface area contributed by atoms with Crippen LogP contribution in [0, 0.1) is 5.92 Å². The summed E-state index contributed by atoms with van der Waals surface area (Å²) in [5.41, 5.74) is 8.47. The maximum absolute atomic E-state index is 6.59. The number of nitrogens with two attached hydrogens (primary N) is 1. The maximum atomic E-state index is 6.59. The highest BCUT2D eigenvalue weighted by Crippen LogP contribution is 2.39. The molecule has 1 saturated carbocycles. The first-order chi connectivity index (χ1) is 9.60. The minimum absolute atomic E-state index is 0.212. The van der Waals surface area contributed by atoms with Gasteiger partial charge in [0.25, 0.3) is 0 Å². The van der Waals surface area contributed by atoms with Crippen molar-refractivity contribution in [3.05, 3.63) is 22.8 Å². The molecule has 4 nitrogen and oxygen atoms in total. The minimum atomic E-state index is -0.212. The molecule has 5 heteroatoms. The van der Waals surface area contributed by atoms with E-state index < -0.39 is 0 Å². The molecular formula is C15H22N4S. The lowest BCUT2D eigenvalue weighted by Gasteiger charge is -2.34. The smallest absolute Gasteiger partial charge is 0.113 e. The van der Waals surface area contributed by atoms with E-state index in [1.807, 2.05) is 17.1 Å². The van der Waals surface area contributed by atoms with E-state index in [9.17, 15) is 0 Å². The van der Waals surface area contributed by atoms with Crippen LogP contribution in [-0.2, 0) is 12.1 Å². The van der Waals surface area contributed by atoms with Crippen molar-refractivity contribution in [3.8, 4) is 11.3 Å². The Hall–Kier alpha value is -1.20. The van der Waals surface area contributed by atoms with Gasteiger partial charge in [0.15, 0.2) is 0 Å². The number of hydrogen-bond donors (Lipinski definition) is 1. The predicted octanol–water partition coefficient (Wildman–Crippen LogP) is 3.39. The normalized spacial score (nSPS) is 26.9. The van der Waals surface area contributed by atoms with E-state index >= 15 is 0 Å². The number of thiazole rings is 1. The lowest BCUT2D eigenvalue weighted by Crippen LogP contribution is -2.40. The lowest BCUT2D eigenvalue weighted by atomic mass is 9.78.